The first-order valence-electron chi connectivity index (χ1n) is 11.8. The summed E-state index contributed by atoms with van der Waals surface area (Å²) >= 11 is 0. The van der Waals surface area contributed by atoms with Gasteiger partial charge in [0.15, 0.2) is 0 Å². The summed E-state index contributed by atoms with van der Waals surface area (Å²) in [6.45, 7) is 3.27. The molecule has 2 fully saturated rings. The topological polar surface area (TPSA) is 66.5 Å². The number of sulfonamides is 1. The minimum atomic E-state index is -3.80. The standard InChI is InChI=1S/C26H34N2O3S/c1-20-9-5-8-14-25(20)32(30,31)27-24(16-15-21-10-3-2-4-11-21)26(29)28-18-17-22-12-6-7-13-23(22)19-28/h2-5,8-11,14,22-24,27H,6-7,12-13,15-19H2,1H3/t22?,23-,24-/m1/s1. The van der Waals surface area contributed by atoms with E-state index < -0.39 is 16.1 Å². The van der Waals surface area contributed by atoms with Crippen molar-refractivity contribution in [2.75, 3.05) is 13.1 Å². The maximum Gasteiger partial charge on any atom is 0.241 e. The molecule has 0 bridgehead atoms. The predicted molar refractivity (Wildman–Crippen MR) is 127 cm³/mol. The molecule has 1 aliphatic carbocycles. The number of nitrogens with zero attached hydrogens (tertiary/aromatic N) is 1. The van der Waals surface area contributed by atoms with Crippen LogP contribution in [0.5, 0.6) is 0 Å². The summed E-state index contributed by atoms with van der Waals surface area (Å²) in [6, 6.07) is 16.1. The SMILES string of the molecule is Cc1ccccc1S(=O)(=O)N[C@H](CCc1ccccc1)C(=O)N1CCC2CCCC[C@@H]2C1. The van der Waals surface area contributed by atoms with Gasteiger partial charge in [-0.1, -0.05) is 67.8 Å². The van der Waals surface area contributed by atoms with Crippen LogP contribution in [0.25, 0.3) is 0 Å². The van der Waals surface area contributed by atoms with Gasteiger partial charge >= 0.3 is 0 Å². The molecule has 6 heteroatoms. The van der Waals surface area contributed by atoms with Crippen LogP contribution in [0.1, 0.15) is 49.7 Å². The van der Waals surface area contributed by atoms with Gasteiger partial charge in [0, 0.05) is 13.1 Å². The molecular formula is C26H34N2O3S. The Bertz CT molecular complexity index is 1020. The molecule has 1 saturated heterocycles. The molecule has 1 N–H and O–H groups in total. The first-order valence-corrected chi connectivity index (χ1v) is 13.3. The Labute approximate surface area is 192 Å². The molecule has 4 rings (SSSR count). The lowest BCUT2D eigenvalue weighted by atomic mass is 9.75. The van der Waals surface area contributed by atoms with Crippen LogP contribution in [0.4, 0.5) is 0 Å². The molecule has 0 spiro atoms. The summed E-state index contributed by atoms with van der Waals surface area (Å²) in [4.78, 5) is 15.7. The first kappa shape index (κ1) is 23.0. The molecule has 1 unspecified atom stereocenters. The van der Waals surface area contributed by atoms with E-state index in [1.54, 1.807) is 25.1 Å². The Morgan fingerprint density at radius 3 is 2.44 bits per heavy atom. The molecule has 0 radical (unpaired) electrons. The third-order valence-electron chi connectivity index (χ3n) is 7.15. The largest absolute Gasteiger partial charge is 0.341 e. The van der Waals surface area contributed by atoms with Gasteiger partial charge in [0.2, 0.25) is 15.9 Å². The van der Waals surface area contributed by atoms with E-state index in [4.69, 9.17) is 0 Å². The van der Waals surface area contributed by atoms with E-state index in [-0.39, 0.29) is 10.8 Å². The third-order valence-corrected chi connectivity index (χ3v) is 8.78. The van der Waals surface area contributed by atoms with Crippen LogP contribution >= 0.6 is 0 Å². The summed E-state index contributed by atoms with van der Waals surface area (Å²) in [5.74, 6) is 1.20. The van der Waals surface area contributed by atoms with Gasteiger partial charge in [0.1, 0.15) is 6.04 Å². The number of rotatable bonds is 7. The van der Waals surface area contributed by atoms with Gasteiger partial charge in [0.25, 0.3) is 0 Å². The summed E-state index contributed by atoms with van der Waals surface area (Å²) < 4.78 is 29.2. The fourth-order valence-corrected chi connectivity index (χ4v) is 6.79. The normalized spacial score (nSPS) is 22.2. The lowest BCUT2D eigenvalue weighted by molar-refractivity contribution is -0.136. The van der Waals surface area contributed by atoms with Crippen molar-refractivity contribution in [2.24, 2.45) is 11.8 Å². The van der Waals surface area contributed by atoms with Crippen molar-refractivity contribution < 1.29 is 13.2 Å². The van der Waals surface area contributed by atoms with E-state index in [0.717, 1.165) is 31.0 Å². The quantitative estimate of drug-likeness (QED) is 0.678. The molecule has 3 atom stereocenters. The van der Waals surface area contributed by atoms with Crippen LogP contribution in [0.3, 0.4) is 0 Å². The van der Waals surface area contributed by atoms with E-state index in [2.05, 4.69) is 4.72 Å². The van der Waals surface area contributed by atoms with Gasteiger partial charge in [-0.15, -0.1) is 0 Å². The first-order chi connectivity index (χ1) is 15.4. The van der Waals surface area contributed by atoms with Crippen molar-refractivity contribution >= 4 is 15.9 Å². The number of benzene rings is 2. The molecule has 1 heterocycles. The molecule has 172 valence electrons. The van der Waals surface area contributed by atoms with Gasteiger partial charge in [-0.05, 0) is 61.6 Å². The number of carbonyl (C=O) groups is 1. The zero-order valence-electron chi connectivity index (χ0n) is 18.9. The van der Waals surface area contributed by atoms with Crippen molar-refractivity contribution in [3.63, 3.8) is 0 Å². The lowest BCUT2D eigenvalue weighted by Gasteiger charge is -2.42. The second-order valence-corrected chi connectivity index (χ2v) is 11.0. The van der Waals surface area contributed by atoms with Gasteiger partial charge in [-0.25, -0.2) is 8.42 Å². The molecular weight excluding hydrogens is 420 g/mol. The van der Waals surface area contributed by atoms with Crippen molar-refractivity contribution in [3.05, 3.63) is 65.7 Å². The van der Waals surface area contributed by atoms with Crippen LogP contribution < -0.4 is 4.72 Å². The molecule has 5 nitrogen and oxygen atoms in total. The molecule has 0 aromatic heterocycles. The number of likely N-dealkylation sites (tertiary alicyclic amines) is 1. The molecule has 1 aliphatic heterocycles. The summed E-state index contributed by atoms with van der Waals surface area (Å²) in [5, 5.41) is 0. The fraction of sp³-hybridized carbons (Fsp3) is 0.500. The van der Waals surface area contributed by atoms with Crippen molar-refractivity contribution in [3.8, 4) is 0 Å². The molecule has 1 amide bonds. The van der Waals surface area contributed by atoms with Gasteiger partial charge < -0.3 is 4.90 Å². The van der Waals surface area contributed by atoms with Crippen LogP contribution in [0.15, 0.2) is 59.5 Å². The molecule has 2 aromatic carbocycles. The fourth-order valence-electron chi connectivity index (χ4n) is 5.32. The Morgan fingerprint density at radius 2 is 1.69 bits per heavy atom. The average Bonchev–Trinajstić information content (AvgIpc) is 2.81. The number of nitrogens with one attached hydrogen (secondary N) is 1. The Hall–Kier alpha value is -2.18. The van der Waals surface area contributed by atoms with E-state index in [1.165, 1.54) is 25.7 Å². The number of hydrogen-bond donors (Lipinski definition) is 1. The average molecular weight is 455 g/mol. The van der Waals surface area contributed by atoms with Crippen LogP contribution in [0.2, 0.25) is 0 Å². The van der Waals surface area contributed by atoms with Crippen LogP contribution in [-0.2, 0) is 21.2 Å². The monoisotopic (exact) mass is 454 g/mol. The molecule has 32 heavy (non-hydrogen) atoms. The lowest BCUT2D eigenvalue weighted by Crippen LogP contribution is -2.53. The molecule has 2 aromatic rings. The van der Waals surface area contributed by atoms with Crippen molar-refractivity contribution in [1.29, 1.82) is 0 Å². The number of aryl methyl sites for hydroxylation is 2. The highest BCUT2D eigenvalue weighted by Gasteiger charge is 2.36. The predicted octanol–water partition coefficient (Wildman–Crippen LogP) is 4.31. The van der Waals surface area contributed by atoms with Crippen LogP contribution in [0, 0.1) is 18.8 Å². The highest BCUT2D eigenvalue weighted by atomic mass is 32.2. The number of fused-ring (bicyclic) bond motifs is 1. The summed E-state index contributed by atoms with van der Waals surface area (Å²) in [6.07, 6.45) is 7.10. The van der Waals surface area contributed by atoms with Crippen molar-refractivity contribution in [1.82, 2.24) is 9.62 Å². The smallest absolute Gasteiger partial charge is 0.241 e. The number of hydrogen-bond acceptors (Lipinski definition) is 3. The minimum absolute atomic E-state index is 0.0814. The van der Waals surface area contributed by atoms with Crippen LogP contribution in [-0.4, -0.2) is 38.4 Å². The van der Waals surface area contributed by atoms with Crippen molar-refractivity contribution in [2.45, 2.75) is 62.8 Å². The highest BCUT2D eigenvalue weighted by Crippen LogP contribution is 2.36. The maximum atomic E-state index is 13.6. The zero-order valence-corrected chi connectivity index (χ0v) is 19.7. The Morgan fingerprint density at radius 1 is 1.00 bits per heavy atom. The van der Waals surface area contributed by atoms with E-state index in [0.29, 0.717) is 24.3 Å². The maximum absolute atomic E-state index is 13.6. The Kier molecular flexibility index (Phi) is 7.31. The second-order valence-electron chi connectivity index (χ2n) is 9.34. The molecule has 2 aliphatic rings. The molecule has 1 saturated carbocycles. The van der Waals surface area contributed by atoms with E-state index >= 15 is 0 Å². The third kappa shape index (κ3) is 5.41. The van der Waals surface area contributed by atoms with E-state index in [9.17, 15) is 13.2 Å². The van der Waals surface area contributed by atoms with Gasteiger partial charge in [-0.3, -0.25) is 4.79 Å². The Balaban J connectivity index is 1.53. The zero-order chi connectivity index (χ0) is 22.6. The minimum Gasteiger partial charge on any atom is -0.341 e. The summed E-state index contributed by atoms with van der Waals surface area (Å²) in [5.41, 5.74) is 1.78. The second kappa shape index (κ2) is 10.2. The summed E-state index contributed by atoms with van der Waals surface area (Å²) in [7, 11) is -3.80. The van der Waals surface area contributed by atoms with E-state index in [1.807, 2.05) is 41.3 Å². The number of carbonyl (C=O) groups excluding carboxylic acids is 1. The highest BCUT2D eigenvalue weighted by molar-refractivity contribution is 7.89. The van der Waals surface area contributed by atoms with Gasteiger partial charge in [0.05, 0.1) is 4.90 Å². The number of piperidine rings is 1. The van der Waals surface area contributed by atoms with Gasteiger partial charge in [-0.2, -0.15) is 4.72 Å². The number of amides is 1.